The Bertz CT molecular complexity index is 451. The number of carbonyl (C=O) groups excluding carboxylic acids is 1. The van der Waals surface area contributed by atoms with E-state index in [1.54, 1.807) is 4.90 Å². The zero-order chi connectivity index (χ0) is 16.9. The maximum Gasteiger partial charge on any atom is 0.414 e. The van der Waals surface area contributed by atoms with Gasteiger partial charge in [0.2, 0.25) is 0 Å². The summed E-state index contributed by atoms with van der Waals surface area (Å²) in [7, 11) is 0. The Morgan fingerprint density at radius 2 is 1.70 bits per heavy atom. The van der Waals surface area contributed by atoms with Crippen LogP contribution in [-0.4, -0.2) is 19.2 Å². The van der Waals surface area contributed by atoms with E-state index in [1.165, 1.54) is 38.5 Å². The van der Waals surface area contributed by atoms with E-state index < -0.39 is 0 Å². The predicted molar refractivity (Wildman–Crippen MR) is 98.4 cm³/mol. The molecule has 0 aliphatic heterocycles. The summed E-state index contributed by atoms with van der Waals surface area (Å²) in [6, 6.07) is 7.37. The summed E-state index contributed by atoms with van der Waals surface area (Å²) in [5.41, 5.74) is 0.805. The van der Waals surface area contributed by atoms with Crippen molar-refractivity contribution >= 4 is 23.4 Å². The van der Waals surface area contributed by atoms with Crippen LogP contribution in [0.3, 0.4) is 0 Å². The molecule has 1 aromatic rings. The maximum atomic E-state index is 12.2. The second-order valence-electron chi connectivity index (χ2n) is 5.81. The summed E-state index contributed by atoms with van der Waals surface area (Å²) in [5, 5.41) is 0.632. The van der Waals surface area contributed by atoms with E-state index >= 15 is 0 Å². The molecule has 0 aliphatic rings. The van der Waals surface area contributed by atoms with Crippen molar-refractivity contribution in [2.45, 2.75) is 65.2 Å². The minimum atomic E-state index is -0.294. The van der Waals surface area contributed by atoms with Gasteiger partial charge in [0.1, 0.15) is 0 Å². The number of unbranched alkanes of at least 4 members (excludes halogenated alkanes) is 7. The van der Waals surface area contributed by atoms with Gasteiger partial charge in [0.15, 0.2) is 0 Å². The molecule has 130 valence electrons. The largest absolute Gasteiger partial charge is 0.449 e. The Balaban J connectivity index is 2.41. The molecule has 0 radical (unpaired) electrons. The van der Waals surface area contributed by atoms with Crippen LogP contribution < -0.4 is 4.90 Å². The van der Waals surface area contributed by atoms with Crippen molar-refractivity contribution in [1.82, 2.24) is 0 Å². The Morgan fingerprint density at radius 1 is 1.04 bits per heavy atom. The van der Waals surface area contributed by atoms with E-state index in [4.69, 9.17) is 16.3 Å². The third-order valence-electron chi connectivity index (χ3n) is 3.84. The average Bonchev–Trinajstić information content (AvgIpc) is 2.53. The molecule has 0 unspecified atom stereocenters. The van der Waals surface area contributed by atoms with Gasteiger partial charge in [-0.25, -0.2) is 4.79 Å². The minimum Gasteiger partial charge on any atom is -0.449 e. The molecule has 1 amide bonds. The number of hydrogen-bond acceptors (Lipinski definition) is 2. The molecule has 4 heteroatoms. The third kappa shape index (κ3) is 8.26. The molecule has 23 heavy (non-hydrogen) atoms. The molecule has 0 atom stereocenters. The Morgan fingerprint density at radius 3 is 2.30 bits per heavy atom. The molecule has 0 bridgehead atoms. The SMILES string of the molecule is CCCCCCCCCCN(C(=O)OCC)c1cccc(Cl)c1. The lowest BCUT2D eigenvalue weighted by atomic mass is 10.1. The van der Waals surface area contributed by atoms with E-state index in [-0.39, 0.29) is 6.09 Å². The van der Waals surface area contributed by atoms with Gasteiger partial charge in [-0.15, -0.1) is 0 Å². The smallest absolute Gasteiger partial charge is 0.414 e. The Labute approximate surface area is 146 Å². The van der Waals surface area contributed by atoms with Crippen molar-refractivity contribution in [2.24, 2.45) is 0 Å². The van der Waals surface area contributed by atoms with Gasteiger partial charge in [-0.2, -0.15) is 0 Å². The monoisotopic (exact) mass is 339 g/mol. The normalized spacial score (nSPS) is 10.6. The molecule has 1 aromatic carbocycles. The molecule has 0 saturated heterocycles. The van der Waals surface area contributed by atoms with Crippen LogP contribution in [0, 0.1) is 0 Å². The van der Waals surface area contributed by atoms with Crippen LogP contribution in [0.2, 0.25) is 5.02 Å². The van der Waals surface area contributed by atoms with Crippen LogP contribution >= 0.6 is 11.6 Å². The van der Waals surface area contributed by atoms with Crippen LogP contribution in [0.5, 0.6) is 0 Å². The summed E-state index contributed by atoms with van der Waals surface area (Å²) < 4.78 is 5.16. The highest BCUT2D eigenvalue weighted by molar-refractivity contribution is 6.30. The van der Waals surface area contributed by atoms with E-state index in [2.05, 4.69) is 6.92 Å². The second kappa shape index (κ2) is 12.2. The highest BCUT2D eigenvalue weighted by Crippen LogP contribution is 2.21. The van der Waals surface area contributed by atoms with E-state index in [0.717, 1.165) is 18.5 Å². The highest BCUT2D eigenvalue weighted by Gasteiger charge is 2.16. The van der Waals surface area contributed by atoms with E-state index in [0.29, 0.717) is 18.2 Å². The van der Waals surface area contributed by atoms with Gasteiger partial charge < -0.3 is 4.74 Å². The zero-order valence-electron chi connectivity index (χ0n) is 14.5. The fourth-order valence-corrected chi connectivity index (χ4v) is 2.76. The maximum absolute atomic E-state index is 12.2. The van der Waals surface area contributed by atoms with Crippen LogP contribution in [-0.2, 0) is 4.74 Å². The number of carbonyl (C=O) groups is 1. The topological polar surface area (TPSA) is 29.5 Å². The molecule has 0 saturated carbocycles. The number of nitrogens with zero attached hydrogens (tertiary/aromatic N) is 1. The number of halogens is 1. The number of benzene rings is 1. The van der Waals surface area contributed by atoms with E-state index in [9.17, 15) is 4.79 Å². The fraction of sp³-hybridized carbons (Fsp3) is 0.632. The number of ether oxygens (including phenoxy) is 1. The standard InChI is InChI=1S/C19H30ClNO2/c1-3-5-6-7-8-9-10-11-15-21(19(22)23-4-2)18-14-12-13-17(20)16-18/h12-14,16H,3-11,15H2,1-2H3. The minimum absolute atomic E-state index is 0.294. The molecule has 1 rings (SSSR count). The average molecular weight is 340 g/mol. The number of amides is 1. The van der Waals surface area contributed by atoms with Crippen LogP contribution in [0.25, 0.3) is 0 Å². The van der Waals surface area contributed by atoms with Gasteiger partial charge >= 0.3 is 6.09 Å². The van der Waals surface area contributed by atoms with Gasteiger partial charge in [-0.3, -0.25) is 4.90 Å². The number of rotatable bonds is 11. The predicted octanol–water partition coefficient (Wildman–Crippen LogP) is 6.44. The van der Waals surface area contributed by atoms with Crippen molar-refractivity contribution in [3.63, 3.8) is 0 Å². The van der Waals surface area contributed by atoms with Crippen molar-refractivity contribution in [1.29, 1.82) is 0 Å². The molecule has 0 fully saturated rings. The van der Waals surface area contributed by atoms with Gasteiger partial charge in [0, 0.05) is 17.3 Å². The first-order chi connectivity index (χ1) is 11.2. The number of anilines is 1. The van der Waals surface area contributed by atoms with Crippen LogP contribution in [0.1, 0.15) is 65.2 Å². The lowest BCUT2D eigenvalue weighted by molar-refractivity contribution is 0.159. The first-order valence-electron chi connectivity index (χ1n) is 8.88. The van der Waals surface area contributed by atoms with Crippen molar-refractivity contribution in [3.05, 3.63) is 29.3 Å². The molecule has 0 N–H and O–H groups in total. The molecule has 0 aromatic heterocycles. The van der Waals surface area contributed by atoms with Crippen molar-refractivity contribution in [3.8, 4) is 0 Å². The zero-order valence-corrected chi connectivity index (χ0v) is 15.3. The third-order valence-corrected chi connectivity index (χ3v) is 4.08. The lowest BCUT2D eigenvalue weighted by Gasteiger charge is -2.22. The number of hydrogen-bond donors (Lipinski definition) is 0. The summed E-state index contributed by atoms with van der Waals surface area (Å²) in [5.74, 6) is 0. The van der Waals surface area contributed by atoms with Crippen molar-refractivity contribution in [2.75, 3.05) is 18.1 Å². The van der Waals surface area contributed by atoms with Crippen LogP contribution in [0.4, 0.5) is 10.5 Å². The van der Waals surface area contributed by atoms with Crippen LogP contribution in [0.15, 0.2) is 24.3 Å². The molecule has 0 aliphatic carbocycles. The summed E-state index contributed by atoms with van der Waals surface area (Å²) in [6.45, 7) is 5.12. The van der Waals surface area contributed by atoms with Crippen molar-refractivity contribution < 1.29 is 9.53 Å². The molecule has 0 spiro atoms. The second-order valence-corrected chi connectivity index (χ2v) is 6.24. The quantitative estimate of drug-likeness (QED) is 0.434. The van der Waals surface area contributed by atoms with Gasteiger partial charge in [-0.1, -0.05) is 69.5 Å². The lowest BCUT2D eigenvalue weighted by Crippen LogP contribution is -2.32. The molecule has 3 nitrogen and oxygen atoms in total. The fourth-order valence-electron chi connectivity index (χ4n) is 2.58. The van der Waals surface area contributed by atoms with Gasteiger partial charge in [0.05, 0.1) is 6.61 Å². The molecule has 0 heterocycles. The first kappa shape index (κ1) is 19.8. The summed E-state index contributed by atoms with van der Waals surface area (Å²) in [4.78, 5) is 13.8. The Kier molecular flexibility index (Phi) is 10.5. The first-order valence-corrected chi connectivity index (χ1v) is 9.26. The highest BCUT2D eigenvalue weighted by atomic mass is 35.5. The Hall–Kier alpha value is -1.22. The summed E-state index contributed by atoms with van der Waals surface area (Å²) in [6.07, 6.45) is 9.64. The van der Waals surface area contributed by atoms with Gasteiger partial charge in [0.25, 0.3) is 0 Å². The van der Waals surface area contributed by atoms with E-state index in [1.807, 2.05) is 31.2 Å². The van der Waals surface area contributed by atoms with Gasteiger partial charge in [-0.05, 0) is 31.5 Å². The summed E-state index contributed by atoms with van der Waals surface area (Å²) >= 11 is 6.04. The molecular weight excluding hydrogens is 310 g/mol. The molecular formula is C19H30ClNO2.